The summed E-state index contributed by atoms with van der Waals surface area (Å²) in [5, 5.41) is 30.9. The molecular formula is C14H18N6O3. The number of hydrogen-bond donors (Lipinski definition) is 2. The lowest BCUT2D eigenvalue weighted by Gasteiger charge is -2.21. The molecule has 23 heavy (non-hydrogen) atoms. The number of aliphatic hydroxyl groups is 2. The van der Waals surface area contributed by atoms with Crippen molar-refractivity contribution in [2.45, 2.75) is 6.10 Å². The van der Waals surface area contributed by atoms with Crippen LogP contribution in [0.5, 0.6) is 0 Å². The molecule has 1 atom stereocenters. The fraction of sp³-hybridized carbons (Fsp3) is 0.429. The van der Waals surface area contributed by atoms with Crippen molar-refractivity contribution in [1.29, 1.82) is 0 Å². The second kappa shape index (κ2) is 6.71. The molecule has 0 bridgehead atoms. The molecule has 0 unspecified atom stereocenters. The van der Waals surface area contributed by atoms with Gasteiger partial charge in [-0.05, 0) is 22.6 Å². The van der Waals surface area contributed by atoms with Crippen molar-refractivity contribution >= 4 is 11.9 Å². The number of aliphatic hydroxyl groups excluding tert-OH is 2. The van der Waals surface area contributed by atoms with Crippen molar-refractivity contribution < 1.29 is 15.0 Å². The molecule has 1 aliphatic rings. The smallest absolute Gasteiger partial charge is 0.250 e. The van der Waals surface area contributed by atoms with Crippen LogP contribution in [0.4, 0.5) is 5.95 Å². The van der Waals surface area contributed by atoms with E-state index in [-0.39, 0.29) is 6.54 Å². The first-order valence-corrected chi connectivity index (χ1v) is 7.34. The summed E-state index contributed by atoms with van der Waals surface area (Å²) in [4.78, 5) is 14.9. The third kappa shape index (κ3) is 3.30. The number of tetrazole rings is 1. The van der Waals surface area contributed by atoms with E-state index in [4.69, 9.17) is 5.11 Å². The number of anilines is 1. The van der Waals surface area contributed by atoms with E-state index in [2.05, 4.69) is 15.5 Å². The molecule has 1 aromatic heterocycles. The molecule has 0 saturated carbocycles. The molecular weight excluding hydrogens is 300 g/mol. The molecule has 1 saturated heterocycles. The lowest BCUT2D eigenvalue weighted by Crippen LogP contribution is -2.39. The molecule has 9 nitrogen and oxygen atoms in total. The molecule has 2 N–H and O–H groups in total. The molecule has 2 heterocycles. The van der Waals surface area contributed by atoms with Crippen LogP contribution in [-0.4, -0.2) is 80.1 Å². The average molecular weight is 318 g/mol. The van der Waals surface area contributed by atoms with E-state index in [9.17, 15) is 9.90 Å². The first-order valence-electron chi connectivity index (χ1n) is 7.34. The predicted molar refractivity (Wildman–Crippen MR) is 81.0 cm³/mol. The second-order valence-electron chi connectivity index (χ2n) is 5.32. The number of hydrogen-bond acceptors (Lipinski definition) is 7. The van der Waals surface area contributed by atoms with Gasteiger partial charge in [-0.15, -0.1) is 0 Å². The van der Waals surface area contributed by atoms with E-state index in [1.165, 1.54) is 4.90 Å². The summed E-state index contributed by atoms with van der Waals surface area (Å²) < 4.78 is 1.59. The largest absolute Gasteiger partial charge is 0.389 e. The minimum Gasteiger partial charge on any atom is -0.389 e. The highest BCUT2D eigenvalue weighted by molar-refractivity contribution is 5.77. The highest BCUT2D eigenvalue weighted by Crippen LogP contribution is 2.17. The molecule has 1 amide bonds. The number of nitrogens with zero attached hydrogens (tertiary/aromatic N) is 6. The van der Waals surface area contributed by atoms with Gasteiger partial charge in [0, 0.05) is 26.2 Å². The maximum Gasteiger partial charge on any atom is 0.250 e. The Morgan fingerprint density at radius 3 is 2.74 bits per heavy atom. The van der Waals surface area contributed by atoms with Crippen molar-refractivity contribution in [3.63, 3.8) is 0 Å². The van der Waals surface area contributed by atoms with Crippen molar-refractivity contribution in [3.8, 4) is 5.69 Å². The fourth-order valence-corrected chi connectivity index (χ4v) is 2.61. The number of rotatable bonds is 3. The van der Waals surface area contributed by atoms with Gasteiger partial charge in [-0.1, -0.05) is 23.3 Å². The number of amides is 1. The van der Waals surface area contributed by atoms with E-state index < -0.39 is 18.6 Å². The third-order valence-electron chi connectivity index (χ3n) is 3.73. The SMILES string of the molecule is O=C(CO)N1CCN(c2nnnn2-c2ccccc2)C[C@H](O)C1. The zero-order valence-corrected chi connectivity index (χ0v) is 12.5. The van der Waals surface area contributed by atoms with Crippen LogP contribution in [0.2, 0.25) is 0 Å². The van der Waals surface area contributed by atoms with Crippen molar-refractivity contribution in [2.75, 3.05) is 37.7 Å². The highest BCUT2D eigenvalue weighted by atomic mass is 16.3. The summed E-state index contributed by atoms with van der Waals surface area (Å²) in [7, 11) is 0. The van der Waals surface area contributed by atoms with Crippen molar-refractivity contribution in [2.24, 2.45) is 0 Å². The van der Waals surface area contributed by atoms with Gasteiger partial charge < -0.3 is 20.0 Å². The Morgan fingerprint density at radius 2 is 2.00 bits per heavy atom. The first-order chi connectivity index (χ1) is 11.2. The number of aromatic nitrogens is 4. The van der Waals surface area contributed by atoms with Gasteiger partial charge >= 0.3 is 0 Å². The Bertz CT molecular complexity index is 662. The molecule has 1 fully saturated rings. The molecule has 122 valence electrons. The molecule has 0 radical (unpaired) electrons. The Hall–Kier alpha value is -2.52. The molecule has 1 aliphatic heterocycles. The van der Waals surface area contributed by atoms with Gasteiger partial charge in [0.15, 0.2) is 0 Å². The van der Waals surface area contributed by atoms with E-state index in [1.54, 1.807) is 4.68 Å². The average Bonchev–Trinajstić information content (AvgIpc) is 2.98. The zero-order chi connectivity index (χ0) is 16.2. The molecule has 2 aromatic rings. The Kier molecular flexibility index (Phi) is 4.49. The molecule has 3 rings (SSSR count). The van der Waals surface area contributed by atoms with Crippen LogP contribution < -0.4 is 4.90 Å². The fourth-order valence-electron chi connectivity index (χ4n) is 2.61. The number of benzene rings is 1. The van der Waals surface area contributed by atoms with Crippen LogP contribution in [0.15, 0.2) is 30.3 Å². The van der Waals surface area contributed by atoms with Crippen LogP contribution in [0.25, 0.3) is 5.69 Å². The lowest BCUT2D eigenvalue weighted by molar-refractivity contribution is -0.135. The minimum absolute atomic E-state index is 0.183. The summed E-state index contributed by atoms with van der Waals surface area (Å²) in [6.07, 6.45) is -0.742. The Morgan fingerprint density at radius 1 is 1.22 bits per heavy atom. The van der Waals surface area contributed by atoms with E-state index in [0.29, 0.717) is 25.6 Å². The number of carbonyl (C=O) groups is 1. The monoisotopic (exact) mass is 318 g/mol. The summed E-state index contributed by atoms with van der Waals surface area (Å²) in [6.45, 7) is 0.786. The van der Waals surface area contributed by atoms with Crippen molar-refractivity contribution in [3.05, 3.63) is 30.3 Å². The number of carbonyl (C=O) groups excluding carboxylic acids is 1. The maximum absolute atomic E-state index is 11.6. The highest BCUT2D eigenvalue weighted by Gasteiger charge is 2.27. The van der Waals surface area contributed by atoms with Gasteiger partial charge in [-0.2, -0.15) is 4.68 Å². The Balaban J connectivity index is 1.83. The molecule has 9 heteroatoms. The molecule has 0 spiro atoms. The topological polar surface area (TPSA) is 108 Å². The predicted octanol–water partition coefficient (Wildman–Crippen LogP) is -1.34. The van der Waals surface area contributed by atoms with Gasteiger partial charge in [0.1, 0.15) is 6.61 Å². The van der Waals surface area contributed by atoms with Crippen LogP contribution in [0.1, 0.15) is 0 Å². The van der Waals surface area contributed by atoms with Crippen LogP contribution >= 0.6 is 0 Å². The van der Waals surface area contributed by atoms with Gasteiger partial charge in [-0.25, -0.2) is 0 Å². The van der Waals surface area contributed by atoms with Gasteiger partial charge in [0.05, 0.1) is 11.8 Å². The molecule has 0 aliphatic carbocycles. The summed E-state index contributed by atoms with van der Waals surface area (Å²) in [5.74, 6) is 0.113. The summed E-state index contributed by atoms with van der Waals surface area (Å²) in [6, 6.07) is 9.45. The van der Waals surface area contributed by atoms with Crippen LogP contribution in [0.3, 0.4) is 0 Å². The summed E-state index contributed by atoms with van der Waals surface area (Å²) >= 11 is 0. The standard InChI is InChI=1S/C14H18N6O3/c21-10-13(23)18-6-7-19(9-12(22)8-18)14-15-16-17-20(14)11-4-2-1-3-5-11/h1-5,12,21-22H,6-10H2/t12-/m1/s1. The third-order valence-corrected chi connectivity index (χ3v) is 3.73. The molecule has 1 aromatic carbocycles. The Labute approximate surface area is 132 Å². The lowest BCUT2D eigenvalue weighted by atomic mass is 10.3. The maximum atomic E-state index is 11.6. The zero-order valence-electron chi connectivity index (χ0n) is 12.5. The number of para-hydroxylation sites is 1. The number of β-amino-alcohol motifs (C(OH)–C–C–N with tert-alkyl or cyclic N) is 1. The van der Waals surface area contributed by atoms with E-state index in [0.717, 1.165) is 5.69 Å². The van der Waals surface area contributed by atoms with E-state index >= 15 is 0 Å². The van der Waals surface area contributed by atoms with Crippen molar-refractivity contribution in [1.82, 2.24) is 25.1 Å². The summed E-state index contributed by atoms with van der Waals surface area (Å²) in [5.41, 5.74) is 0.814. The first kappa shape index (κ1) is 15.4. The van der Waals surface area contributed by atoms with Gasteiger partial charge in [-0.3, -0.25) is 4.79 Å². The van der Waals surface area contributed by atoms with Crippen LogP contribution in [-0.2, 0) is 4.79 Å². The van der Waals surface area contributed by atoms with Gasteiger partial charge in [0.2, 0.25) is 5.91 Å². The second-order valence-corrected chi connectivity index (χ2v) is 5.32. The van der Waals surface area contributed by atoms with E-state index in [1.807, 2.05) is 35.2 Å². The van der Waals surface area contributed by atoms with Gasteiger partial charge in [0.25, 0.3) is 5.95 Å². The normalized spacial score (nSPS) is 18.8. The quantitative estimate of drug-likeness (QED) is 0.721. The van der Waals surface area contributed by atoms with Crippen LogP contribution in [0, 0.1) is 0 Å². The minimum atomic E-state index is -0.742.